The molecule has 5 atom stereocenters. The van der Waals surface area contributed by atoms with Crippen molar-refractivity contribution < 1.29 is 43.2 Å². The number of ether oxygens (including phenoxy) is 4. The number of carbonyl (C=O) groups is 4. The van der Waals surface area contributed by atoms with E-state index in [2.05, 4.69) is 10.3 Å². The maximum absolute atomic E-state index is 13.2. The molecule has 2 heterocycles. The molecule has 1 fully saturated rings. The van der Waals surface area contributed by atoms with Crippen LogP contribution in [0.4, 0.5) is 0 Å². The highest BCUT2D eigenvalue weighted by Crippen LogP contribution is 2.30. The Balaban J connectivity index is 1.84. The molecule has 0 spiro atoms. The van der Waals surface area contributed by atoms with Gasteiger partial charge in [-0.1, -0.05) is 38.2 Å². The molecular weight excluding hydrogens is 484 g/mol. The van der Waals surface area contributed by atoms with Crippen LogP contribution < -0.4 is 10.1 Å². The Kier molecular flexibility index (Phi) is 9.26. The number of pyridine rings is 1. The number of aromatic nitrogens is 1. The minimum absolute atomic E-state index is 0.0101. The average Bonchev–Trinajstić information content (AvgIpc) is 2.91. The molecule has 37 heavy (non-hydrogen) atoms. The molecule has 0 saturated carbocycles. The first kappa shape index (κ1) is 27.7. The van der Waals surface area contributed by atoms with Crippen LogP contribution in [0.25, 0.3) is 0 Å². The molecule has 11 nitrogen and oxygen atoms in total. The lowest BCUT2D eigenvalue weighted by Gasteiger charge is -2.31. The van der Waals surface area contributed by atoms with E-state index in [-0.39, 0.29) is 17.4 Å². The zero-order chi connectivity index (χ0) is 27.1. The van der Waals surface area contributed by atoms with Crippen LogP contribution in [0, 0.1) is 17.8 Å². The van der Waals surface area contributed by atoms with E-state index in [0.717, 1.165) is 0 Å². The van der Waals surface area contributed by atoms with Crippen LogP contribution in [0.15, 0.2) is 36.6 Å². The number of nitrogens with one attached hydrogen (secondary N) is 1. The summed E-state index contributed by atoms with van der Waals surface area (Å²) < 4.78 is 21.6. The smallest absolute Gasteiger partial charge is 0.332 e. The van der Waals surface area contributed by atoms with E-state index in [4.69, 9.17) is 18.9 Å². The lowest BCUT2D eigenvalue weighted by molar-refractivity contribution is -0.177. The number of allylic oxidation sites excluding steroid dienone is 4. The van der Waals surface area contributed by atoms with Gasteiger partial charge in [-0.2, -0.15) is 0 Å². The highest BCUT2D eigenvalue weighted by molar-refractivity contribution is 5.98. The second kappa shape index (κ2) is 12.4. The van der Waals surface area contributed by atoms with Gasteiger partial charge in [0, 0.05) is 12.3 Å². The fraction of sp³-hybridized carbons (Fsp3) is 0.500. The summed E-state index contributed by atoms with van der Waals surface area (Å²) in [7, 11) is 1.31. The first-order valence-electron chi connectivity index (χ1n) is 12.1. The zero-order valence-corrected chi connectivity index (χ0v) is 21.2. The summed E-state index contributed by atoms with van der Waals surface area (Å²) in [5.41, 5.74) is -0.384. The van der Waals surface area contributed by atoms with E-state index in [0.29, 0.717) is 12.8 Å². The Bertz CT molecular complexity index is 1080. The Hall–Kier alpha value is -3.89. The molecule has 0 radical (unpaired) electrons. The van der Waals surface area contributed by atoms with Crippen LogP contribution >= 0.6 is 0 Å². The van der Waals surface area contributed by atoms with Crippen LogP contribution in [0.2, 0.25) is 0 Å². The van der Waals surface area contributed by atoms with Gasteiger partial charge in [0.1, 0.15) is 12.7 Å². The standard InChI is InChI=1S/C26H32N2O9/c1-14(2)24(31)37-22-15(3)36-26(33)18(28-23(30)20-21(29)19(34-4)10-11-27-20)13-35-25(32)17(22)12-16-8-6-5-7-9-16/h5-8,10-11,14-18,22,29H,9,12-13H2,1-4H3,(H,28,30)/t15-,16?,17?,18-,22-/m0/s1. The quantitative estimate of drug-likeness (QED) is 0.407. The molecule has 1 aliphatic heterocycles. The van der Waals surface area contributed by atoms with E-state index >= 15 is 0 Å². The Labute approximate surface area is 214 Å². The minimum atomic E-state index is -1.40. The van der Waals surface area contributed by atoms with Gasteiger partial charge in [-0.25, -0.2) is 9.78 Å². The van der Waals surface area contributed by atoms with Crippen molar-refractivity contribution in [3.8, 4) is 11.5 Å². The molecular formula is C26H32N2O9. The van der Waals surface area contributed by atoms with Gasteiger partial charge in [-0.15, -0.1) is 0 Å². The highest BCUT2D eigenvalue weighted by atomic mass is 16.6. The fourth-order valence-corrected chi connectivity index (χ4v) is 4.04. The van der Waals surface area contributed by atoms with Gasteiger partial charge in [-0.05, 0) is 25.7 Å². The van der Waals surface area contributed by atoms with Gasteiger partial charge in [0.2, 0.25) is 0 Å². The van der Waals surface area contributed by atoms with E-state index in [1.54, 1.807) is 13.8 Å². The Morgan fingerprint density at radius 1 is 1.24 bits per heavy atom. The summed E-state index contributed by atoms with van der Waals surface area (Å²) >= 11 is 0. The SMILES string of the molecule is COc1ccnc(C(=O)N[C@H]2COC(=O)C(CC3C=CC=CC3)[C@@H](OC(=O)C(C)C)[C@H](C)OC2=O)c1O. The van der Waals surface area contributed by atoms with Crippen LogP contribution in [0.5, 0.6) is 11.5 Å². The third kappa shape index (κ3) is 6.87. The normalized spacial score (nSPS) is 25.8. The fourth-order valence-electron chi connectivity index (χ4n) is 4.04. The number of cyclic esters (lactones) is 2. The van der Waals surface area contributed by atoms with Gasteiger partial charge in [0.05, 0.1) is 18.9 Å². The molecule has 1 saturated heterocycles. The Morgan fingerprint density at radius 2 is 2.00 bits per heavy atom. The van der Waals surface area contributed by atoms with Gasteiger partial charge in [0.15, 0.2) is 29.3 Å². The predicted molar refractivity (Wildman–Crippen MR) is 129 cm³/mol. The van der Waals surface area contributed by atoms with Crippen molar-refractivity contribution in [3.05, 3.63) is 42.3 Å². The van der Waals surface area contributed by atoms with Crippen molar-refractivity contribution in [2.75, 3.05) is 13.7 Å². The van der Waals surface area contributed by atoms with Crippen molar-refractivity contribution in [2.45, 2.75) is 51.9 Å². The van der Waals surface area contributed by atoms with E-state index in [1.165, 1.54) is 26.3 Å². The molecule has 3 rings (SSSR count). The average molecular weight is 517 g/mol. The summed E-state index contributed by atoms with van der Waals surface area (Å²) in [4.78, 5) is 55.3. The maximum atomic E-state index is 13.2. The van der Waals surface area contributed by atoms with Gasteiger partial charge < -0.3 is 29.4 Å². The molecule has 200 valence electrons. The number of rotatable bonds is 7. The molecule has 11 heteroatoms. The second-order valence-electron chi connectivity index (χ2n) is 9.22. The zero-order valence-electron chi connectivity index (χ0n) is 21.2. The summed E-state index contributed by atoms with van der Waals surface area (Å²) in [6.45, 7) is 4.31. The van der Waals surface area contributed by atoms with Crippen LogP contribution in [-0.4, -0.2) is 65.9 Å². The van der Waals surface area contributed by atoms with Crippen LogP contribution in [-0.2, 0) is 28.6 Å². The number of carbonyl (C=O) groups excluding carboxylic acids is 4. The van der Waals surface area contributed by atoms with Crippen molar-refractivity contribution >= 4 is 23.8 Å². The first-order chi connectivity index (χ1) is 17.6. The van der Waals surface area contributed by atoms with Crippen molar-refractivity contribution in [1.82, 2.24) is 10.3 Å². The lowest BCUT2D eigenvalue weighted by atomic mass is 9.85. The predicted octanol–water partition coefficient (Wildman–Crippen LogP) is 2.09. The summed E-state index contributed by atoms with van der Waals surface area (Å²) in [6.07, 6.45) is 7.84. The van der Waals surface area contributed by atoms with E-state index in [1.807, 2.05) is 24.3 Å². The minimum Gasteiger partial charge on any atom is -0.503 e. The highest BCUT2D eigenvalue weighted by Gasteiger charge is 2.43. The number of aromatic hydroxyl groups is 1. The third-order valence-electron chi connectivity index (χ3n) is 6.12. The molecule has 1 aliphatic carbocycles. The molecule has 1 amide bonds. The molecule has 2 N–H and O–H groups in total. The van der Waals surface area contributed by atoms with Crippen LogP contribution in [0.1, 0.15) is 44.1 Å². The molecule has 2 aliphatic rings. The summed E-state index contributed by atoms with van der Waals surface area (Å²) in [6, 6.07) is -0.0381. The molecule has 1 aromatic heterocycles. The topological polar surface area (TPSA) is 150 Å². The van der Waals surface area contributed by atoms with Crippen molar-refractivity contribution in [2.24, 2.45) is 17.8 Å². The third-order valence-corrected chi connectivity index (χ3v) is 6.12. The number of esters is 3. The summed E-state index contributed by atoms with van der Waals surface area (Å²) in [5.74, 6) is -4.93. The number of hydrogen-bond acceptors (Lipinski definition) is 10. The van der Waals surface area contributed by atoms with Gasteiger partial charge in [0.25, 0.3) is 5.91 Å². The van der Waals surface area contributed by atoms with Crippen molar-refractivity contribution in [3.63, 3.8) is 0 Å². The molecule has 0 aromatic carbocycles. The van der Waals surface area contributed by atoms with Crippen molar-refractivity contribution in [1.29, 1.82) is 0 Å². The van der Waals surface area contributed by atoms with Gasteiger partial charge >= 0.3 is 17.9 Å². The number of hydrogen-bond donors (Lipinski definition) is 2. The van der Waals surface area contributed by atoms with E-state index in [9.17, 15) is 24.3 Å². The number of methoxy groups -OCH3 is 1. The van der Waals surface area contributed by atoms with Crippen LogP contribution in [0.3, 0.4) is 0 Å². The molecule has 2 unspecified atom stereocenters. The lowest BCUT2D eigenvalue weighted by Crippen LogP contribution is -2.47. The maximum Gasteiger partial charge on any atom is 0.332 e. The van der Waals surface area contributed by atoms with Gasteiger partial charge in [-0.3, -0.25) is 14.4 Å². The number of amides is 1. The monoisotopic (exact) mass is 516 g/mol. The largest absolute Gasteiger partial charge is 0.503 e. The summed E-state index contributed by atoms with van der Waals surface area (Å²) in [5, 5.41) is 12.6. The molecule has 0 bridgehead atoms. The second-order valence-corrected chi connectivity index (χ2v) is 9.22. The molecule has 1 aromatic rings. The first-order valence-corrected chi connectivity index (χ1v) is 12.1. The Morgan fingerprint density at radius 3 is 2.65 bits per heavy atom. The van der Waals surface area contributed by atoms with E-state index < -0.39 is 66.3 Å². The number of nitrogens with zero attached hydrogens (tertiary/aromatic N) is 1.